The summed E-state index contributed by atoms with van der Waals surface area (Å²) in [5, 5.41) is 3.45. The van der Waals surface area contributed by atoms with Gasteiger partial charge in [-0.3, -0.25) is 0 Å². The van der Waals surface area contributed by atoms with E-state index < -0.39 is 0 Å². The third kappa shape index (κ3) is 3.10. The van der Waals surface area contributed by atoms with Gasteiger partial charge in [-0.15, -0.1) is 0 Å². The van der Waals surface area contributed by atoms with E-state index in [9.17, 15) is 0 Å². The molecule has 0 saturated carbocycles. The van der Waals surface area contributed by atoms with Crippen LogP contribution < -0.4 is 5.32 Å². The number of benzene rings is 2. The van der Waals surface area contributed by atoms with E-state index in [1.165, 1.54) is 26.9 Å². The fraction of sp³-hybridized carbons (Fsp3) is 0.200. The summed E-state index contributed by atoms with van der Waals surface area (Å²) in [6, 6.07) is 14.8. The number of hydrogen-bond donors (Lipinski definition) is 1. The summed E-state index contributed by atoms with van der Waals surface area (Å²) in [7, 11) is 0. The fourth-order valence-electron chi connectivity index (χ4n) is 1.85. The molecule has 88 valence electrons. The molecule has 0 heterocycles. The van der Waals surface area contributed by atoms with Crippen molar-refractivity contribution in [1.29, 1.82) is 0 Å². The second-order valence-electron chi connectivity index (χ2n) is 4.26. The minimum Gasteiger partial charge on any atom is -0.381 e. The van der Waals surface area contributed by atoms with Gasteiger partial charge in [0, 0.05) is 16.7 Å². The molecule has 0 saturated heterocycles. The highest BCUT2D eigenvalue weighted by atomic mass is 79.9. The molecule has 0 radical (unpaired) electrons. The lowest BCUT2D eigenvalue weighted by Gasteiger charge is -2.10. The lowest BCUT2D eigenvalue weighted by atomic mass is 10.1. The lowest BCUT2D eigenvalue weighted by Crippen LogP contribution is -2.00. The van der Waals surface area contributed by atoms with Crippen LogP contribution in [0.25, 0.3) is 0 Å². The Kier molecular flexibility index (Phi) is 3.85. The second kappa shape index (κ2) is 5.37. The first kappa shape index (κ1) is 12.2. The first-order valence-corrected chi connectivity index (χ1v) is 6.50. The number of hydrogen-bond acceptors (Lipinski definition) is 1. The van der Waals surface area contributed by atoms with Crippen LogP contribution in [0.5, 0.6) is 0 Å². The van der Waals surface area contributed by atoms with Crippen molar-refractivity contribution in [3.8, 4) is 0 Å². The second-order valence-corrected chi connectivity index (χ2v) is 5.06. The Bertz CT molecular complexity index is 483. The molecule has 0 aliphatic carbocycles. The molecule has 1 N–H and O–H groups in total. The molecule has 17 heavy (non-hydrogen) atoms. The molecule has 1 nitrogen and oxygen atoms in total. The van der Waals surface area contributed by atoms with E-state index in [4.69, 9.17) is 0 Å². The van der Waals surface area contributed by atoms with Gasteiger partial charge in [-0.25, -0.2) is 0 Å². The number of anilines is 1. The Morgan fingerprint density at radius 2 is 1.59 bits per heavy atom. The molecule has 2 heteroatoms. The lowest BCUT2D eigenvalue weighted by molar-refractivity contribution is 1.14. The van der Waals surface area contributed by atoms with E-state index in [0.717, 1.165) is 6.54 Å². The Hall–Kier alpha value is -1.28. The molecular formula is C15H16BrN. The molecule has 0 aliphatic heterocycles. The van der Waals surface area contributed by atoms with E-state index >= 15 is 0 Å². The zero-order chi connectivity index (χ0) is 12.3. The fourth-order valence-corrected chi connectivity index (χ4v) is 2.08. The highest BCUT2D eigenvalue weighted by Gasteiger charge is 2.01. The van der Waals surface area contributed by atoms with Crippen LogP contribution in [-0.2, 0) is 6.54 Å². The Morgan fingerprint density at radius 1 is 1.00 bits per heavy atom. The minimum absolute atomic E-state index is 0.862. The van der Waals surface area contributed by atoms with Gasteiger partial charge in [-0.1, -0.05) is 46.3 Å². The van der Waals surface area contributed by atoms with Crippen molar-refractivity contribution in [2.75, 3.05) is 5.32 Å². The highest BCUT2D eigenvalue weighted by molar-refractivity contribution is 9.10. The largest absolute Gasteiger partial charge is 0.381 e. The van der Waals surface area contributed by atoms with Crippen molar-refractivity contribution >= 4 is 21.6 Å². The van der Waals surface area contributed by atoms with Gasteiger partial charge in [0.25, 0.3) is 0 Å². The third-order valence-electron chi connectivity index (χ3n) is 2.78. The average Bonchev–Trinajstić information content (AvgIpc) is 2.34. The van der Waals surface area contributed by atoms with E-state index in [2.05, 4.69) is 71.5 Å². The van der Waals surface area contributed by atoms with Crippen molar-refractivity contribution in [2.45, 2.75) is 20.4 Å². The topological polar surface area (TPSA) is 12.0 Å². The van der Waals surface area contributed by atoms with Crippen LogP contribution in [-0.4, -0.2) is 0 Å². The average molecular weight is 290 g/mol. The van der Waals surface area contributed by atoms with Crippen molar-refractivity contribution in [1.82, 2.24) is 0 Å². The van der Waals surface area contributed by atoms with Gasteiger partial charge in [-0.05, 0) is 42.7 Å². The van der Waals surface area contributed by atoms with E-state index in [0.29, 0.717) is 0 Å². The van der Waals surface area contributed by atoms with Crippen LogP contribution >= 0.6 is 15.9 Å². The molecule has 0 aliphatic rings. The summed E-state index contributed by atoms with van der Waals surface area (Å²) in [6.45, 7) is 5.09. The van der Waals surface area contributed by atoms with E-state index in [1.807, 2.05) is 6.07 Å². The van der Waals surface area contributed by atoms with Gasteiger partial charge >= 0.3 is 0 Å². The van der Waals surface area contributed by atoms with Gasteiger partial charge in [0.2, 0.25) is 0 Å². The summed E-state index contributed by atoms with van der Waals surface area (Å²) in [5.74, 6) is 0. The molecule has 0 aromatic heterocycles. The van der Waals surface area contributed by atoms with Crippen molar-refractivity contribution in [2.24, 2.45) is 0 Å². The number of rotatable bonds is 3. The normalized spacial score (nSPS) is 10.3. The zero-order valence-corrected chi connectivity index (χ0v) is 11.7. The predicted molar refractivity (Wildman–Crippen MR) is 77.4 cm³/mol. The summed E-state index contributed by atoms with van der Waals surface area (Å²) in [6.07, 6.45) is 0. The van der Waals surface area contributed by atoms with Gasteiger partial charge in [0.1, 0.15) is 0 Å². The van der Waals surface area contributed by atoms with Crippen molar-refractivity contribution < 1.29 is 0 Å². The first-order chi connectivity index (χ1) is 8.16. The van der Waals surface area contributed by atoms with Crippen molar-refractivity contribution in [3.63, 3.8) is 0 Å². The maximum Gasteiger partial charge on any atom is 0.0400 e. The molecule has 0 unspecified atom stereocenters. The number of nitrogens with one attached hydrogen (secondary N) is 1. The predicted octanol–water partition coefficient (Wildman–Crippen LogP) is 4.68. The molecule has 2 rings (SSSR count). The molecule has 2 aromatic carbocycles. The van der Waals surface area contributed by atoms with Crippen LogP contribution in [0, 0.1) is 13.8 Å². The molecule has 0 bridgehead atoms. The summed E-state index contributed by atoms with van der Waals surface area (Å²) in [4.78, 5) is 0. The van der Waals surface area contributed by atoms with Gasteiger partial charge in [0.15, 0.2) is 0 Å². The zero-order valence-electron chi connectivity index (χ0n) is 10.1. The van der Waals surface area contributed by atoms with E-state index in [-0.39, 0.29) is 0 Å². The summed E-state index contributed by atoms with van der Waals surface area (Å²) in [5.41, 5.74) is 5.00. The molecule has 0 amide bonds. The molecule has 0 fully saturated rings. The molecule has 0 atom stereocenters. The monoisotopic (exact) mass is 289 g/mol. The van der Waals surface area contributed by atoms with Crippen LogP contribution in [0.4, 0.5) is 5.69 Å². The quantitative estimate of drug-likeness (QED) is 0.865. The first-order valence-electron chi connectivity index (χ1n) is 5.71. The van der Waals surface area contributed by atoms with Crippen LogP contribution in [0.2, 0.25) is 0 Å². The van der Waals surface area contributed by atoms with Gasteiger partial charge in [-0.2, -0.15) is 0 Å². The minimum atomic E-state index is 0.862. The molecular weight excluding hydrogens is 274 g/mol. The van der Waals surface area contributed by atoms with Crippen LogP contribution in [0.3, 0.4) is 0 Å². The van der Waals surface area contributed by atoms with Gasteiger partial charge < -0.3 is 5.32 Å². The van der Waals surface area contributed by atoms with Crippen LogP contribution in [0.15, 0.2) is 46.9 Å². The summed E-state index contributed by atoms with van der Waals surface area (Å²) >= 11 is 3.58. The van der Waals surface area contributed by atoms with Gasteiger partial charge in [0.05, 0.1) is 0 Å². The SMILES string of the molecule is Cc1cc(NCc2ccccc2)cc(C)c1Br. The van der Waals surface area contributed by atoms with Crippen LogP contribution in [0.1, 0.15) is 16.7 Å². The maximum absolute atomic E-state index is 3.58. The standard InChI is InChI=1S/C15H16BrN/c1-11-8-14(9-12(2)15(11)16)17-10-13-6-4-3-5-7-13/h3-9,17H,10H2,1-2H3. The maximum atomic E-state index is 3.58. The summed E-state index contributed by atoms with van der Waals surface area (Å²) < 4.78 is 1.20. The van der Waals surface area contributed by atoms with Crippen molar-refractivity contribution in [3.05, 3.63) is 63.6 Å². The highest BCUT2D eigenvalue weighted by Crippen LogP contribution is 2.25. The Morgan fingerprint density at radius 3 is 2.18 bits per heavy atom. The van der Waals surface area contributed by atoms with E-state index in [1.54, 1.807) is 0 Å². The number of halogens is 1. The smallest absolute Gasteiger partial charge is 0.0400 e. The number of aryl methyl sites for hydroxylation is 2. The Labute approximate surface area is 111 Å². The molecule has 0 spiro atoms. The Balaban J connectivity index is 2.10. The third-order valence-corrected chi connectivity index (χ3v) is 4.03. The molecule has 2 aromatic rings.